The lowest BCUT2D eigenvalue weighted by Crippen LogP contribution is -2.11. The van der Waals surface area contributed by atoms with Crippen LogP contribution in [-0.2, 0) is 4.79 Å². The van der Waals surface area contributed by atoms with Gasteiger partial charge in [0.1, 0.15) is 0 Å². The summed E-state index contributed by atoms with van der Waals surface area (Å²) in [4.78, 5) is 13.0. The topological polar surface area (TPSA) is 29.1 Å². The molecule has 0 bridgehead atoms. The fourth-order valence-electron chi connectivity index (χ4n) is 1.71. The Morgan fingerprint density at radius 3 is 2.43 bits per heavy atom. The number of carbonyl (C=O) groups is 1. The second-order valence-corrected chi connectivity index (χ2v) is 6.98. The van der Waals surface area contributed by atoms with Crippen molar-refractivity contribution in [1.29, 1.82) is 0 Å². The molecule has 21 heavy (non-hydrogen) atoms. The molecule has 0 aliphatic carbocycles. The summed E-state index contributed by atoms with van der Waals surface area (Å²) in [6, 6.07) is 15.3. The summed E-state index contributed by atoms with van der Waals surface area (Å²) >= 11 is 10.9. The Kier molecular flexibility index (Phi) is 6.61. The highest BCUT2D eigenvalue weighted by atomic mass is 79.9. The van der Waals surface area contributed by atoms with E-state index in [0.717, 1.165) is 27.4 Å². The molecule has 0 aliphatic heterocycles. The van der Waals surface area contributed by atoms with Crippen molar-refractivity contribution in [2.24, 2.45) is 0 Å². The third-order valence-corrected chi connectivity index (χ3v) is 4.64. The monoisotopic (exact) mass is 383 g/mol. The van der Waals surface area contributed by atoms with Gasteiger partial charge in [-0.05, 0) is 60.7 Å². The van der Waals surface area contributed by atoms with Gasteiger partial charge in [0, 0.05) is 26.5 Å². The highest BCUT2D eigenvalue weighted by Gasteiger charge is 2.02. The average molecular weight is 385 g/mol. The van der Waals surface area contributed by atoms with Gasteiger partial charge < -0.3 is 5.32 Å². The van der Waals surface area contributed by atoms with Gasteiger partial charge in [-0.3, -0.25) is 4.79 Å². The number of carbonyl (C=O) groups excluding carboxylic acids is 1. The molecule has 5 heteroatoms. The van der Waals surface area contributed by atoms with Crippen LogP contribution >= 0.6 is 39.3 Å². The Labute approximate surface area is 142 Å². The van der Waals surface area contributed by atoms with Crippen LogP contribution in [-0.4, -0.2) is 11.7 Å². The van der Waals surface area contributed by atoms with E-state index < -0.39 is 0 Å². The van der Waals surface area contributed by atoms with Crippen molar-refractivity contribution in [2.75, 3.05) is 11.1 Å². The molecule has 2 rings (SSSR count). The lowest BCUT2D eigenvalue weighted by atomic mass is 10.3. The van der Waals surface area contributed by atoms with Crippen LogP contribution in [0.1, 0.15) is 12.8 Å². The smallest absolute Gasteiger partial charge is 0.224 e. The number of thioether (sulfide) groups is 1. The molecular weight excluding hydrogens is 370 g/mol. The van der Waals surface area contributed by atoms with Gasteiger partial charge in [0.05, 0.1) is 0 Å². The van der Waals surface area contributed by atoms with Crippen molar-refractivity contribution in [2.45, 2.75) is 17.7 Å². The van der Waals surface area contributed by atoms with Crippen molar-refractivity contribution in [3.05, 3.63) is 58.0 Å². The standard InChI is InChI=1S/C16H15BrClNOS/c17-12-3-7-14(8-4-12)19-16(20)2-1-11-21-15-9-5-13(18)6-10-15/h3-10H,1-2,11H2,(H,19,20). The van der Waals surface area contributed by atoms with E-state index in [0.29, 0.717) is 6.42 Å². The van der Waals surface area contributed by atoms with Gasteiger partial charge in [-0.25, -0.2) is 0 Å². The maximum absolute atomic E-state index is 11.8. The van der Waals surface area contributed by atoms with Crippen LogP contribution in [0.5, 0.6) is 0 Å². The molecule has 0 unspecified atom stereocenters. The molecule has 1 N–H and O–H groups in total. The Morgan fingerprint density at radius 1 is 1.10 bits per heavy atom. The summed E-state index contributed by atoms with van der Waals surface area (Å²) in [6.45, 7) is 0. The Hall–Kier alpha value is -0.970. The summed E-state index contributed by atoms with van der Waals surface area (Å²) in [7, 11) is 0. The van der Waals surface area contributed by atoms with E-state index in [-0.39, 0.29) is 5.91 Å². The van der Waals surface area contributed by atoms with Crippen molar-refractivity contribution in [3.63, 3.8) is 0 Å². The zero-order chi connectivity index (χ0) is 15.1. The van der Waals surface area contributed by atoms with Gasteiger partial charge in [0.2, 0.25) is 5.91 Å². The largest absolute Gasteiger partial charge is 0.326 e. The molecule has 0 spiro atoms. The maximum Gasteiger partial charge on any atom is 0.224 e. The number of benzene rings is 2. The summed E-state index contributed by atoms with van der Waals surface area (Å²) < 4.78 is 1.000. The van der Waals surface area contributed by atoms with Crippen molar-refractivity contribution in [3.8, 4) is 0 Å². The Bertz CT molecular complexity index is 586. The molecule has 2 aromatic rings. The first-order valence-electron chi connectivity index (χ1n) is 6.57. The van der Waals surface area contributed by atoms with E-state index >= 15 is 0 Å². The summed E-state index contributed by atoms with van der Waals surface area (Å²) in [5, 5.41) is 3.63. The highest BCUT2D eigenvalue weighted by Crippen LogP contribution is 2.21. The lowest BCUT2D eigenvalue weighted by Gasteiger charge is -2.05. The minimum Gasteiger partial charge on any atom is -0.326 e. The van der Waals surface area contributed by atoms with E-state index in [2.05, 4.69) is 21.2 Å². The molecule has 2 nitrogen and oxygen atoms in total. The second kappa shape index (κ2) is 8.47. The molecule has 0 aliphatic rings. The van der Waals surface area contributed by atoms with Gasteiger partial charge in [0.15, 0.2) is 0 Å². The SMILES string of the molecule is O=C(CCCSc1ccc(Cl)cc1)Nc1ccc(Br)cc1. The number of hydrogen-bond donors (Lipinski definition) is 1. The molecule has 0 saturated heterocycles. The van der Waals surface area contributed by atoms with Gasteiger partial charge in [-0.1, -0.05) is 27.5 Å². The zero-order valence-electron chi connectivity index (χ0n) is 11.3. The predicted molar refractivity (Wildman–Crippen MR) is 94.2 cm³/mol. The third kappa shape index (κ3) is 6.12. The van der Waals surface area contributed by atoms with Gasteiger partial charge in [0.25, 0.3) is 0 Å². The first-order chi connectivity index (χ1) is 10.1. The number of rotatable bonds is 6. The Balaban J connectivity index is 1.67. The van der Waals surface area contributed by atoms with E-state index in [1.807, 2.05) is 48.5 Å². The van der Waals surface area contributed by atoms with Crippen LogP contribution < -0.4 is 5.32 Å². The first kappa shape index (κ1) is 16.4. The minimum absolute atomic E-state index is 0.0500. The van der Waals surface area contributed by atoms with Crippen LogP contribution in [0.3, 0.4) is 0 Å². The van der Waals surface area contributed by atoms with Crippen LogP contribution in [0.2, 0.25) is 5.02 Å². The number of amides is 1. The fourth-order valence-corrected chi connectivity index (χ4v) is 2.95. The van der Waals surface area contributed by atoms with Crippen LogP contribution in [0.25, 0.3) is 0 Å². The molecular formula is C16H15BrClNOS. The normalized spacial score (nSPS) is 10.4. The fraction of sp³-hybridized carbons (Fsp3) is 0.188. The van der Waals surface area contributed by atoms with Crippen LogP contribution in [0, 0.1) is 0 Å². The molecule has 0 fully saturated rings. The van der Waals surface area contributed by atoms with Crippen molar-refractivity contribution < 1.29 is 4.79 Å². The van der Waals surface area contributed by atoms with E-state index in [1.54, 1.807) is 11.8 Å². The van der Waals surface area contributed by atoms with Crippen LogP contribution in [0.4, 0.5) is 5.69 Å². The van der Waals surface area contributed by atoms with E-state index in [4.69, 9.17) is 11.6 Å². The van der Waals surface area contributed by atoms with Crippen molar-refractivity contribution >= 4 is 50.9 Å². The molecule has 2 aromatic carbocycles. The minimum atomic E-state index is 0.0500. The molecule has 0 heterocycles. The van der Waals surface area contributed by atoms with Gasteiger partial charge >= 0.3 is 0 Å². The molecule has 0 atom stereocenters. The van der Waals surface area contributed by atoms with Crippen molar-refractivity contribution in [1.82, 2.24) is 0 Å². The number of hydrogen-bond acceptors (Lipinski definition) is 2. The maximum atomic E-state index is 11.8. The number of halogens is 2. The van der Waals surface area contributed by atoms with E-state index in [9.17, 15) is 4.79 Å². The zero-order valence-corrected chi connectivity index (χ0v) is 14.5. The molecule has 110 valence electrons. The van der Waals surface area contributed by atoms with Crippen LogP contribution in [0.15, 0.2) is 57.9 Å². The van der Waals surface area contributed by atoms with Gasteiger partial charge in [-0.2, -0.15) is 0 Å². The summed E-state index contributed by atoms with van der Waals surface area (Å²) in [5.74, 6) is 0.962. The highest BCUT2D eigenvalue weighted by molar-refractivity contribution is 9.10. The lowest BCUT2D eigenvalue weighted by molar-refractivity contribution is -0.116. The molecule has 0 saturated carbocycles. The number of nitrogens with one attached hydrogen (secondary N) is 1. The predicted octanol–water partition coefficient (Wildman–Crippen LogP) is 5.61. The van der Waals surface area contributed by atoms with E-state index in [1.165, 1.54) is 4.90 Å². The number of anilines is 1. The molecule has 1 amide bonds. The van der Waals surface area contributed by atoms with Gasteiger partial charge in [-0.15, -0.1) is 11.8 Å². The molecule has 0 radical (unpaired) electrons. The third-order valence-electron chi connectivity index (χ3n) is 2.76. The Morgan fingerprint density at radius 2 is 1.76 bits per heavy atom. The average Bonchev–Trinajstić information content (AvgIpc) is 2.48. The summed E-state index contributed by atoms with van der Waals surface area (Å²) in [6.07, 6.45) is 1.37. The summed E-state index contributed by atoms with van der Waals surface area (Å²) in [5.41, 5.74) is 0.827. The second-order valence-electron chi connectivity index (χ2n) is 4.46. The molecule has 0 aromatic heterocycles. The first-order valence-corrected chi connectivity index (χ1v) is 8.73. The quantitative estimate of drug-likeness (QED) is 0.518.